The molecule has 1 amide bonds. The first kappa shape index (κ1) is 25.1. The number of halogens is 5. The molecule has 176 valence electrons. The normalized spacial score (nSPS) is 11.8. The van der Waals surface area contributed by atoms with Gasteiger partial charge in [0.1, 0.15) is 6.26 Å². The Labute approximate surface area is 199 Å². The van der Waals surface area contributed by atoms with E-state index in [1.54, 1.807) is 31.3 Å². The van der Waals surface area contributed by atoms with E-state index in [2.05, 4.69) is 4.98 Å². The Hall–Kier alpha value is -2.55. The van der Waals surface area contributed by atoms with Crippen molar-refractivity contribution >= 4 is 29.1 Å². The van der Waals surface area contributed by atoms with Crippen LogP contribution in [0.4, 0.5) is 13.2 Å². The lowest BCUT2D eigenvalue weighted by Gasteiger charge is -2.22. The molecule has 3 aromatic rings. The molecule has 0 N–H and O–H groups in total. The second-order valence-electron chi connectivity index (χ2n) is 7.50. The maximum Gasteiger partial charge on any atom is 0.416 e. The lowest BCUT2D eigenvalue weighted by Crippen LogP contribution is -2.26. The standard InChI is InChI=1S/C23H22Cl2F3N3O2/c1-3-30(2)22(32)19-14-33-20(29-19)13-31(12-16-7-5-9-18(24)21(16)25)11-15-6-4-8-17(10-15)23(26,27)28/h4-10,14H,3,11-13H2,1-2H3. The van der Waals surface area contributed by atoms with Crippen molar-refractivity contribution in [3.05, 3.63) is 87.0 Å². The zero-order chi connectivity index (χ0) is 24.2. The van der Waals surface area contributed by atoms with Crippen LogP contribution in [0.2, 0.25) is 10.0 Å². The van der Waals surface area contributed by atoms with Crippen LogP contribution in [0, 0.1) is 0 Å². The van der Waals surface area contributed by atoms with E-state index in [-0.39, 0.29) is 37.1 Å². The molecule has 0 bridgehead atoms. The van der Waals surface area contributed by atoms with E-state index in [1.165, 1.54) is 17.2 Å². The summed E-state index contributed by atoms with van der Waals surface area (Å²) in [6, 6.07) is 10.3. The topological polar surface area (TPSA) is 49.6 Å². The molecule has 1 aromatic heterocycles. The Morgan fingerprint density at radius 2 is 1.82 bits per heavy atom. The number of nitrogens with zero attached hydrogens (tertiary/aromatic N) is 3. The van der Waals surface area contributed by atoms with Crippen LogP contribution in [0.3, 0.4) is 0 Å². The molecule has 5 nitrogen and oxygen atoms in total. The van der Waals surface area contributed by atoms with E-state index in [0.717, 1.165) is 12.1 Å². The van der Waals surface area contributed by atoms with Crippen molar-refractivity contribution in [2.45, 2.75) is 32.7 Å². The molecule has 3 rings (SSSR count). The van der Waals surface area contributed by atoms with E-state index in [4.69, 9.17) is 27.6 Å². The van der Waals surface area contributed by atoms with Crippen molar-refractivity contribution in [2.75, 3.05) is 13.6 Å². The largest absolute Gasteiger partial charge is 0.447 e. The quantitative estimate of drug-likeness (QED) is 0.365. The average molecular weight is 500 g/mol. The number of hydrogen-bond acceptors (Lipinski definition) is 4. The molecule has 0 aliphatic heterocycles. The van der Waals surface area contributed by atoms with Crippen molar-refractivity contribution in [2.24, 2.45) is 0 Å². The van der Waals surface area contributed by atoms with Gasteiger partial charge in [-0.05, 0) is 30.2 Å². The summed E-state index contributed by atoms with van der Waals surface area (Å²) in [5.74, 6) is -0.0252. The van der Waals surface area contributed by atoms with Gasteiger partial charge in [-0.15, -0.1) is 0 Å². The molecule has 2 aromatic carbocycles. The molecule has 0 fully saturated rings. The number of carbonyl (C=O) groups excluding carboxylic acids is 1. The summed E-state index contributed by atoms with van der Waals surface area (Å²) in [6.07, 6.45) is -3.17. The van der Waals surface area contributed by atoms with Gasteiger partial charge in [-0.3, -0.25) is 9.69 Å². The van der Waals surface area contributed by atoms with Gasteiger partial charge in [0.2, 0.25) is 5.89 Å². The van der Waals surface area contributed by atoms with Crippen molar-refractivity contribution < 1.29 is 22.4 Å². The molecule has 10 heteroatoms. The number of benzene rings is 2. The predicted octanol–water partition coefficient (Wildman–Crippen LogP) is 6.29. The smallest absolute Gasteiger partial charge is 0.416 e. The average Bonchev–Trinajstić information content (AvgIpc) is 3.23. The molecule has 1 heterocycles. The molecule has 0 radical (unpaired) electrons. The fraction of sp³-hybridized carbons (Fsp3) is 0.304. The number of carbonyl (C=O) groups is 1. The predicted molar refractivity (Wildman–Crippen MR) is 120 cm³/mol. The van der Waals surface area contributed by atoms with E-state index in [0.29, 0.717) is 27.7 Å². The van der Waals surface area contributed by atoms with Gasteiger partial charge in [-0.2, -0.15) is 13.2 Å². The summed E-state index contributed by atoms with van der Waals surface area (Å²) in [4.78, 5) is 19.9. The minimum absolute atomic E-state index is 0.141. The number of oxazole rings is 1. The molecular weight excluding hydrogens is 478 g/mol. The Morgan fingerprint density at radius 1 is 1.09 bits per heavy atom. The third-order valence-electron chi connectivity index (χ3n) is 5.04. The Morgan fingerprint density at radius 3 is 2.52 bits per heavy atom. The third kappa shape index (κ3) is 6.50. The summed E-state index contributed by atoms with van der Waals surface area (Å²) in [6.45, 7) is 2.92. The molecule has 0 atom stereocenters. The van der Waals surface area contributed by atoms with Crippen LogP contribution in [0.15, 0.2) is 53.1 Å². The Balaban J connectivity index is 1.87. The summed E-state index contributed by atoms with van der Waals surface area (Å²) >= 11 is 12.4. The highest BCUT2D eigenvalue weighted by Gasteiger charge is 2.30. The maximum absolute atomic E-state index is 13.2. The fourth-order valence-electron chi connectivity index (χ4n) is 3.20. The first-order valence-corrected chi connectivity index (χ1v) is 10.8. The van der Waals surface area contributed by atoms with E-state index < -0.39 is 11.7 Å². The summed E-state index contributed by atoms with van der Waals surface area (Å²) in [5.41, 5.74) is 0.586. The van der Waals surface area contributed by atoms with Gasteiger partial charge >= 0.3 is 6.18 Å². The van der Waals surface area contributed by atoms with Crippen LogP contribution in [-0.2, 0) is 25.8 Å². The van der Waals surface area contributed by atoms with Crippen LogP contribution in [0.25, 0.3) is 0 Å². The van der Waals surface area contributed by atoms with Gasteiger partial charge in [0.05, 0.1) is 22.2 Å². The first-order chi connectivity index (χ1) is 15.6. The fourth-order valence-corrected chi connectivity index (χ4v) is 3.58. The lowest BCUT2D eigenvalue weighted by atomic mass is 10.1. The lowest BCUT2D eigenvalue weighted by molar-refractivity contribution is -0.137. The van der Waals surface area contributed by atoms with Gasteiger partial charge in [-0.25, -0.2) is 4.98 Å². The molecular formula is C23H22Cl2F3N3O2. The summed E-state index contributed by atoms with van der Waals surface area (Å²) in [5, 5.41) is 0.737. The highest BCUT2D eigenvalue weighted by Crippen LogP contribution is 2.31. The minimum Gasteiger partial charge on any atom is -0.447 e. The van der Waals surface area contributed by atoms with Gasteiger partial charge < -0.3 is 9.32 Å². The molecule has 0 saturated heterocycles. The van der Waals surface area contributed by atoms with Crippen LogP contribution in [-0.4, -0.2) is 34.3 Å². The van der Waals surface area contributed by atoms with E-state index in [9.17, 15) is 18.0 Å². The molecule has 0 spiro atoms. The molecule has 0 saturated carbocycles. The number of aromatic nitrogens is 1. The molecule has 0 unspecified atom stereocenters. The van der Waals surface area contributed by atoms with Gasteiger partial charge in [-0.1, -0.05) is 53.5 Å². The second kappa shape index (κ2) is 10.6. The maximum atomic E-state index is 13.2. The van der Waals surface area contributed by atoms with Crippen molar-refractivity contribution in [3.63, 3.8) is 0 Å². The highest BCUT2D eigenvalue weighted by atomic mass is 35.5. The zero-order valence-corrected chi connectivity index (χ0v) is 19.5. The van der Waals surface area contributed by atoms with Crippen LogP contribution >= 0.6 is 23.2 Å². The molecule has 0 aliphatic rings. The van der Waals surface area contributed by atoms with Gasteiger partial charge in [0.25, 0.3) is 5.91 Å². The van der Waals surface area contributed by atoms with Crippen molar-refractivity contribution in [1.82, 2.24) is 14.8 Å². The highest BCUT2D eigenvalue weighted by molar-refractivity contribution is 6.42. The van der Waals surface area contributed by atoms with Crippen LogP contribution in [0.5, 0.6) is 0 Å². The monoisotopic (exact) mass is 499 g/mol. The number of alkyl halides is 3. The number of amides is 1. The minimum atomic E-state index is -4.44. The Kier molecular flexibility index (Phi) is 8.05. The zero-order valence-electron chi connectivity index (χ0n) is 18.0. The van der Waals surface area contributed by atoms with Crippen molar-refractivity contribution in [1.29, 1.82) is 0 Å². The van der Waals surface area contributed by atoms with Gasteiger partial charge in [0, 0.05) is 26.7 Å². The Bertz CT molecular complexity index is 1120. The van der Waals surface area contributed by atoms with Crippen LogP contribution in [0.1, 0.15) is 40.0 Å². The summed E-state index contributed by atoms with van der Waals surface area (Å²) in [7, 11) is 1.65. The van der Waals surface area contributed by atoms with E-state index >= 15 is 0 Å². The van der Waals surface area contributed by atoms with Crippen LogP contribution < -0.4 is 0 Å². The third-order valence-corrected chi connectivity index (χ3v) is 5.89. The van der Waals surface area contributed by atoms with Crippen molar-refractivity contribution in [3.8, 4) is 0 Å². The number of rotatable bonds is 8. The molecule has 0 aliphatic carbocycles. The SMILES string of the molecule is CCN(C)C(=O)c1coc(CN(Cc2cccc(C(F)(F)F)c2)Cc2cccc(Cl)c2Cl)n1. The molecule has 33 heavy (non-hydrogen) atoms. The van der Waals surface area contributed by atoms with E-state index in [1.807, 2.05) is 11.8 Å². The number of hydrogen-bond donors (Lipinski definition) is 0. The second-order valence-corrected chi connectivity index (χ2v) is 8.29. The summed E-state index contributed by atoms with van der Waals surface area (Å²) < 4.78 is 45.0. The van der Waals surface area contributed by atoms with Gasteiger partial charge in [0.15, 0.2) is 5.69 Å². The first-order valence-electron chi connectivity index (χ1n) is 10.1.